The topological polar surface area (TPSA) is 481 Å². The van der Waals surface area contributed by atoms with Crippen molar-refractivity contribution in [3.8, 4) is 46.0 Å². The Bertz CT molecular complexity index is 6440. The second kappa shape index (κ2) is 42.0. The number of nitrogens with zero attached hydrogens (tertiary/aromatic N) is 10. The summed E-state index contributed by atoms with van der Waals surface area (Å²) in [5, 5.41) is 15.7. The predicted octanol–water partition coefficient (Wildman–Crippen LogP) is 8.00. The molecule has 2 saturated heterocycles. The molecular formula is C88H96IN13O25S2. The number of ketones is 2. The van der Waals surface area contributed by atoms with Crippen molar-refractivity contribution in [1.29, 1.82) is 0 Å². The Hall–Kier alpha value is -13.5. The van der Waals surface area contributed by atoms with E-state index < -0.39 is 116 Å². The van der Waals surface area contributed by atoms with Crippen molar-refractivity contribution < 1.29 is 108 Å². The Labute approximate surface area is 753 Å². The van der Waals surface area contributed by atoms with E-state index in [0.717, 1.165) is 35.5 Å². The number of halogens is 1. The average Bonchev–Trinajstić information content (AvgIpc) is 1.64. The van der Waals surface area contributed by atoms with E-state index in [2.05, 4.69) is 55.4 Å². The van der Waals surface area contributed by atoms with E-state index >= 15 is 0 Å². The molecule has 38 nitrogen and oxygen atoms in total. The molecule has 129 heavy (non-hydrogen) atoms. The summed E-state index contributed by atoms with van der Waals surface area (Å²) in [6.45, 7) is 4.47. The van der Waals surface area contributed by atoms with Crippen LogP contribution in [0.25, 0.3) is 22.1 Å². The van der Waals surface area contributed by atoms with Crippen LogP contribution in [0.2, 0.25) is 0 Å². The van der Waals surface area contributed by atoms with E-state index in [-0.39, 0.29) is 129 Å². The van der Waals surface area contributed by atoms with Gasteiger partial charge in [-0.2, -0.15) is 0 Å². The lowest BCUT2D eigenvalue weighted by Gasteiger charge is -2.27. The number of hydrogen-bond acceptors (Lipinski definition) is 26. The molecule has 0 bridgehead atoms. The number of rotatable bonds is 35. The van der Waals surface area contributed by atoms with Crippen molar-refractivity contribution in [2.24, 2.45) is 42.3 Å². The second-order valence-electron chi connectivity index (χ2n) is 30.7. The maximum absolute atomic E-state index is 13.5. The third-order valence-corrected chi connectivity index (χ3v) is 24.7. The number of carbonyl (C=O) groups excluding carboxylic acids is 11. The molecule has 9 amide bonds. The fraction of sp³-hybridized carbons (Fsp3) is 0.364. The molecule has 682 valence electrons. The predicted molar refractivity (Wildman–Crippen MR) is 473 cm³/mol. The highest BCUT2D eigenvalue weighted by Crippen LogP contribution is 2.39. The average molecular weight is 1930 g/mol. The van der Waals surface area contributed by atoms with Gasteiger partial charge in [0.2, 0.25) is 43.3 Å². The highest BCUT2D eigenvalue weighted by molar-refractivity contribution is 14.1. The first-order valence-corrected chi connectivity index (χ1v) is 46.4. The monoisotopic (exact) mass is 1930 g/mol. The number of benzene rings is 6. The Balaban J connectivity index is 0.000000205. The number of imidazole rings is 4. The SMILES string of the molecule is CCCCCCC(=O)COc1cccc2c1C(=O)N(C1CCC(=O)NC1=O)C2=O.CI.Cc1nc(S(=O)(=O)Cc2cc3c(cc2Oc2cccc(OCC(=O)CCCCCNC(=O)COc4cccc5c4C(=O)N(C4CCC(=O)NC4=O)C5=O)c2)n(C)c(=O)n3C)cn1C.Cc1nc(S(=O)(=O)Cc2cc3c(cc2Oc2cccc(OCC(=O)O)c2)n(C)c(=O)n3C)cn1C. The number of carboxylic acid groups (broad SMARTS) is 1. The molecule has 0 saturated carbocycles. The number of carboxylic acids is 1. The maximum atomic E-state index is 13.5. The summed E-state index contributed by atoms with van der Waals surface area (Å²) < 4.78 is 96.7. The first-order valence-electron chi connectivity index (χ1n) is 40.9. The van der Waals surface area contributed by atoms with E-state index in [9.17, 15) is 84.0 Å². The standard InChI is InChI=1S/C43H45N7O12S.C23H24N4O7S.C21H24N2O6.CH3I/c1-25-45-38(21-47(25)2)63(58,59)24-26-18-32-33(49(4)43(57)48(32)3)20-35(26)62-29-12-8-11-28(19-29)60-22-27(51)10-6-5-7-17-44-37(53)23-61-34-14-9-13-30-39(34)42(56)50(41(30)55)31-15-16-36(52)46-40(31)54;1-14-24-21(11-25(14)2)35(31,32)13-15-8-18-19(27(4)23(30)26(18)3)10-20(15)34-17-7-5-6-16(9-17)33-12-22(28)29;1-2-3-4-5-7-13(24)12-29-16-9-6-8-14-18(16)21(28)23(20(14)27)15-10-11-17(25)22-19(15)26;1-2/h8-9,11-14,18-21,31H,5-7,10,15-17,22-24H2,1-4H3,(H,44,53)(H,46,52,54);5-11H,12-13H2,1-4H3,(H,28,29);6,8-9,15H,2-5,7,10-12H2,1H3,(H,22,25,26);1H3. The van der Waals surface area contributed by atoms with Gasteiger partial charge in [-0.1, -0.05) is 79.5 Å². The van der Waals surface area contributed by atoms with E-state index in [1.54, 1.807) is 138 Å². The lowest BCUT2D eigenvalue weighted by Crippen LogP contribution is -2.54. The lowest BCUT2D eigenvalue weighted by atomic mass is 10.0. The van der Waals surface area contributed by atoms with Crippen molar-refractivity contribution >= 4 is 135 Å². The number of amides is 9. The van der Waals surface area contributed by atoms with Gasteiger partial charge in [0.1, 0.15) is 82.9 Å². The van der Waals surface area contributed by atoms with E-state index in [1.165, 1.54) is 67.1 Å². The van der Waals surface area contributed by atoms with Gasteiger partial charge in [-0.05, 0) is 112 Å². The van der Waals surface area contributed by atoms with Gasteiger partial charge in [0, 0.05) is 122 Å². The summed E-state index contributed by atoms with van der Waals surface area (Å²) in [5.74, 6) is -4.69. The van der Waals surface area contributed by atoms with Crippen LogP contribution in [-0.4, -0.2) is 190 Å². The summed E-state index contributed by atoms with van der Waals surface area (Å²) in [6.07, 6.45) is 9.36. The van der Waals surface area contributed by atoms with Crippen LogP contribution in [0.15, 0.2) is 141 Å². The van der Waals surface area contributed by atoms with E-state index in [1.807, 2.05) is 4.93 Å². The molecule has 0 radical (unpaired) electrons. The molecule has 6 aromatic carbocycles. The number of piperidine rings is 2. The molecule has 4 aliphatic heterocycles. The van der Waals surface area contributed by atoms with Crippen LogP contribution in [0.3, 0.4) is 0 Å². The summed E-state index contributed by atoms with van der Waals surface area (Å²) in [6, 6.07) is 26.1. The fourth-order valence-electron chi connectivity index (χ4n) is 14.6. The molecule has 8 heterocycles. The zero-order chi connectivity index (χ0) is 93.6. The summed E-state index contributed by atoms with van der Waals surface area (Å²) in [4.78, 5) is 185. The van der Waals surface area contributed by atoms with Gasteiger partial charge >= 0.3 is 17.3 Å². The third-order valence-electron chi connectivity index (χ3n) is 21.6. The van der Waals surface area contributed by atoms with Gasteiger partial charge in [0.05, 0.1) is 55.8 Å². The van der Waals surface area contributed by atoms with Crippen molar-refractivity contribution in [2.45, 2.75) is 138 Å². The Morgan fingerprint density at radius 3 is 1.26 bits per heavy atom. The zero-order valence-corrected chi connectivity index (χ0v) is 76.0. The molecule has 2 atom stereocenters. The molecule has 41 heteroatoms. The summed E-state index contributed by atoms with van der Waals surface area (Å²) in [5.41, 5.74) is 2.43. The minimum absolute atomic E-state index is 0.0109. The molecule has 10 aromatic rings. The van der Waals surface area contributed by atoms with Gasteiger partial charge in [-0.25, -0.2) is 41.2 Å². The quantitative estimate of drug-likeness (QED) is 0.0126. The number of aryl methyl sites for hydroxylation is 8. The third kappa shape index (κ3) is 22.6. The summed E-state index contributed by atoms with van der Waals surface area (Å²) in [7, 11) is 2.10. The largest absolute Gasteiger partial charge is 0.486 e. The highest BCUT2D eigenvalue weighted by Gasteiger charge is 2.48. The zero-order valence-electron chi connectivity index (χ0n) is 72.3. The van der Waals surface area contributed by atoms with E-state index in [4.69, 9.17) is 33.5 Å². The maximum Gasteiger partial charge on any atom is 0.341 e. The van der Waals surface area contributed by atoms with Crippen LogP contribution >= 0.6 is 22.6 Å². The Morgan fingerprint density at radius 1 is 0.473 bits per heavy atom. The minimum atomic E-state index is -3.91. The van der Waals surface area contributed by atoms with Crippen LogP contribution in [-0.2, 0) is 112 Å². The molecule has 0 aliphatic carbocycles. The number of carbonyl (C=O) groups is 12. The second-order valence-corrected chi connectivity index (χ2v) is 34.6. The van der Waals surface area contributed by atoms with Crippen LogP contribution in [0.1, 0.15) is 155 Å². The molecular weight excluding hydrogens is 1830 g/mol. The highest BCUT2D eigenvalue weighted by atomic mass is 127. The number of unbranched alkanes of at least 4 members (excludes halogenated alkanes) is 5. The van der Waals surface area contributed by atoms with Crippen LogP contribution in [0, 0.1) is 13.8 Å². The molecule has 2 fully saturated rings. The molecule has 4 aliphatic rings. The van der Waals surface area contributed by atoms with Crippen LogP contribution in [0.5, 0.6) is 46.0 Å². The number of Topliss-reactive ketones (excluding diaryl/α,β-unsaturated/α-hetero) is 2. The van der Waals surface area contributed by atoms with Gasteiger partial charge in [0.25, 0.3) is 29.5 Å². The van der Waals surface area contributed by atoms with Gasteiger partial charge in [-0.15, -0.1) is 0 Å². The Morgan fingerprint density at radius 2 is 0.860 bits per heavy atom. The van der Waals surface area contributed by atoms with Gasteiger partial charge < -0.3 is 48.0 Å². The number of imide groups is 4. The Kier molecular flexibility index (Phi) is 31.3. The van der Waals surface area contributed by atoms with Crippen molar-refractivity contribution in [3.05, 3.63) is 188 Å². The van der Waals surface area contributed by atoms with E-state index in [0.29, 0.717) is 94.3 Å². The fourth-order valence-corrected chi connectivity index (χ4v) is 17.3. The normalized spacial score (nSPS) is 14.8. The summed E-state index contributed by atoms with van der Waals surface area (Å²) >= 11 is 2.15. The van der Waals surface area contributed by atoms with Crippen molar-refractivity contribution in [1.82, 2.24) is 63.1 Å². The van der Waals surface area contributed by atoms with Crippen molar-refractivity contribution in [3.63, 3.8) is 0 Å². The van der Waals surface area contributed by atoms with Crippen molar-refractivity contribution in [2.75, 3.05) is 37.9 Å². The molecule has 0 spiro atoms. The number of fused-ring (bicyclic) bond motifs is 4. The minimum Gasteiger partial charge on any atom is -0.486 e. The smallest absolute Gasteiger partial charge is 0.341 e. The van der Waals surface area contributed by atoms with Crippen LogP contribution in [0.4, 0.5) is 0 Å². The first kappa shape index (κ1) is 96.2. The number of alkyl halides is 1. The number of hydrogen-bond donors (Lipinski definition) is 4. The first-order chi connectivity index (χ1) is 61.4. The number of nitrogens with one attached hydrogen (secondary N) is 3. The molecule has 4 N–H and O–H groups in total. The lowest BCUT2D eigenvalue weighted by molar-refractivity contribution is -0.139. The number of ether oxygens (including phenoxy) is 6. The van der Waals surface area contributed by atoms with Crippen LogP contribution < -0.4 is 55.8 Å². The number of sulfone groups is 2. The molecule has 2 unspecified atom stereocenters. The molecule has 14 rings (SSSR count). The van der Waals surface area contributed by atoms with Gasteiger partial charge in [0.15, 0.2) is 34.8 Å². The molecule has 4 aromatic heterocycles. The van der Waals surface area contributed by atoms with Gasteiger partial charge in [-0.3, -0.25) is 91.4 Å². The number of aromatic nitrogens is 8. The number of aliphatic carboxylic acids is 1.